The summed E-state index contributed by atoms with van der Waals surface area (Å²) in [6.45, 7) is 10.1. The van der Waals surface area contributed by atoms with E-state index in [-0.39, 0.29) is 11.9 Å². The van der Waals surface area contributed by atoms with Crippen molar-refractivity contribution in [2.24, 2.45) is 0 Å². The highest BCUT2D eigenvalue weighted by Gasteiger charge is 2.61. The molecule has 0 saturated carbocycles. The first-order valence-electron chi connectivity index (χ1n) is 11.7. The van der Waals surface area contributed by atoms with E-state index in [0.29, 0.717) is 19.4 Å². The number of hydrogen-bond acceptors (Lipinski definition) is 3. The third-order valence-corrected chi connectivity index (χ3v) is 6.55. The lowest BCUT2D eigenvalue weighted by atomic mass is 9.70. The summed E-state index contributed by atoms with van der Waals surface area (Å²) in [5.74, 6) is -0.146. The fraction of sp³-hybridized carbons (Fsp3) is 0.913. The molecule has 6 nitrogen and oxygen atoms in total. The number of rotatable bonds is 11. The molecule has 0 atom stereocenters. The highest BCUT2D eigenvalue weighted by atomic mass is 16.5. The number of nitrogens with one attached hydrogen (secondary N) is 1. The van der Waals surface area contributed by atoms with Crippen LogP contribution in [0.5, 0.6) is 0 Å². The van der Waals surface area contributed by atoms with Gasteiger partial charge in [0.2, 0.25) is 0 Å². The fourth-order valence-electron chi connectivity index (χ4n) is 5.38. The third-order valence-electron chi connectivity index (χ3n) is 6.55. The van der Waals surface area contributed by atoms with Crippen molar-refractivity contribution in [2.75, 3.05) is 6.54 Å². The zero-order valence-corrected chi connectivity index (χ0v) is 19.3. The van der Waals surface area contributed by atoms with Gasteiger partial charge in [0.1, 0.15) is 5.54 Å². The Morgan fingerprint density at radius 2 is 1.24 bits per heavy atom. The van der Waals surface area contributed by atoms with Crippen molar-refractivity contribution in [1.82, 2.24) is 15.3 Å². The first-order chi connectivity index (χ1) is 13.6. The Labute approximate surface area is 177 Å². The normalized spacial score (nSPS) is 23.0. The van der Waals surface area contributed by atoms with Gasteiger partial charge in [0.25, 0.3) is 5.91 Å². The Hall–Kier alpha value is -1.14. The number of amides is 3. The Bertz CT molecular complexity index is 556. The zero-order valence-electron chi connectivity index (χ0n) is 19.3. The first-order valence-corrected chi connectivity index (χ1v) is 11.7. The van der Waals surface area contributed by atoms with Crippen LogP contribution in [0.15, 0.2) is 0 Å². The van der Waals surface area contributed by atoms with Crippen LogP contribution in [0.4, 0.5) is 4.79 Å². The Balaban J connectivity index is 1.78. The van der Waals surface area contributed by atoms with Crippen molar-refractivity contribution in [3.63, 3.8) is 0 Å². The summed E-state index contributed by atoms with van der Waals surface area (Å²) in [6.07, 6.45) is 12.9. The van der Waals surface area contributed by atoms with Crippen LogP contribution in [-0.4, -0.2) is 45.1 Å². The molecule has 6 heteroatoms. The summed E-state index contributed by atoms with van der Waals surface area (Å²) in [7, 11) is 0. The average Bonchev–Trinajstić information content (AvgIpc) is 2.83. The quantitative estimate of drug-likeness (QED) is 0.377. The maximum absolute atomic E-state index is 13.2. The van der Waals surface area contributed by atoms with Crippen LogP contribution in [0.1, 0.15) is 112 Å². The van der Waals surface area contributed by atoms with E-state index >= 15 is 0 Å². The van der Waals surface area contributed by atoms with Crippen LogP contribution in [0.3, 0.4) is 0 Å². The molecule has 2 aliphatic rings. The van der Waals surface area contributed by atoms with E-state index in [1.165, 1.54) is 49.8 Å². The van der Waals surface area contributed by atoms with Gasteiger partial charge in [0.05, 0.1) is 0 Å². The van der Waals surface area contributed by atoms with E-state index in [2.05, 4.69) is 12.2 Å². The largest absolute Gasteiger partial charge is 0.325 e. The smallest absolute Gasteiger partial charge is 0.323 e. The van der Waals surface area contributed by atoms with Crippen LogP contribution < -0.4 is 5.32 Å². The minimum absolute atomic E-state index is 0.146. The molecule has 29 heavy (non-hydrogen) atoms. The van der Waals surface area contributed by atoms with Crippen molar-refractivity contribution in [3.8, 4) is 0 Å². The maximum atomic E-state index is 13.2. The van der Waals surface area contributed by atoms with E-state index in [1.807, 2.05) is 27.7 Å². The number of hydroxylamine groups is 2. The molecule has 3 amide bonds. The van der Waals surface area contributed by atoms with E-state index in [4.69, 9.17) is 0 Å². The summed E-state index contributed by atoms with van der Waals surface area (Å²) in [6, 6.07) is -0.295. The van der Waals surface area contributed by atoms with Gasteiger partial charge < -0.3 is 5.32 Å². The lowest BCUT2D eigenvalue weighted by molar-refractivity contribution is -0.295. The molecule has 0 unspecified atom stereocenters. The van der Waals surface area contributed by atoms with Gasteiger partial charge in [0.15, 0.2) is 0 Å². The Morgan fingerprint density at radius 3 is 1.72 bits per heavy atom. The number of piperidine rings is 1. The highest BCUT2D eigenvalue weighted by Crippen LogP contribution is 2.45. The number of carbonyl (C=O) groups is 2. The standard InChI is InChI=1S/C23H42N3O3/c1-6-7-8-9-10-11-12-13-14-15-16-25-19(27)23(24-20(25)28)17-21(2,3)26(29)22(4,5)18-23/h6-18H2,1-5H3,(H,24,28). The highest BCUT2D eigenvalue weighted by molar-refractivity contribution is 6.07. The second-order valence-electron chi connectivity index (χ2n) is 10.4. The van der Waals surface area contributed by atoms with Gasteiger partial charge in [-0.15, -0.1) is 10.3 Å². The topological polar surface area (TPSA) is 72.6 Å². The van der Waals surface area contributed by atoms with Crippen molar-refractivity contribution in [3.05, 3.63) is 0 Å². The monoisotopic (exact) mass is 408 g/mol. The number of imide groups is 1. The average molecular weight is 409 g/mol. The molecule has 2 aliphatic heterocycles. The summed E-state index contributed by atoms with van der Waals surface area (Å²) in [5.41, 5.74) is -2.33. The Kier molecular flexibility index (Phi) is 8.14. The summed E-state index contributed by atoms with van der Waals surface area (Å²) >= 11 is 0. The second kappa shape index (κ2) is 9.78. The van der Waals surface area contributed by atoms with E-state index in [1.54, 1.807) is 0 Å². The lowest BCUT2D eigenvalue weighted by Crippen LogP contribution is -2.68. The van der Waals surface area contributed by atoms with Crippen LogP contribution in [-0.2, 0) is 10.0 Å². The molecule has 0 aliphatic carbocycles. The molecule has 2 heterocycles. The van der Waals surface area contributed by atoms with Crippen LogP contribution in [0.2, 0.25) is 0 Å². The molecule has 0 aromatic heterocycles. The molecule has 0 aromatic rings. The van der Waals surface area contributed by atoms with Crippen molar-refractivity contribution in [1.29, 1.82) is 0 Å². The van der Waals surface area contributed by atoms with Crippen molar-refractivity contribution < 1.29 is 14.8 Å². The van der Waals surface area contributed by atoms with Gasteiger partial charge in [-0.3, -0.25) is 9.69 Å². The van der Waals surface area contributed by atoms with E-state index in [0.717, 1.165) is 24.3 Å². The van der Waals surface area contributed by atoms with E-state index < -0.39 is 16.6 Å². The van der Waals surface area contributed by atoms with Crippen molar-refractivity contribution in [2.45, 2.75) is 128 Å². The minimum atomic E-state index is -0.941. The zero-order chi connectivity index (χ0) is 21.7. The lowest BCUT2D eigenvalue weighted by Gasteiger charge is -2.52. The summed E-state index contributed by atoms with van der Waals surface area (Å²) < 4.78 is 0. The van der Waals surface area contributed by atoms with Gasteiger partial charge in [-0.1, -0.05) is 64.7 Å². The molecule has 1 N–H and O–H groups in total. The van der Waals surface area contributed by atoms with Crippen molar-refractivity contribution >= 4 is 11.9 Å². The van der Waals surface area contributed by atoms with Gasteiger partial charge >= 0.3 is 6.03 Å². The van der Waals surface area contributed by atoms with Crippen LogP contribution in [0, 0.1) is 0 Å². The number of nitrogens with zero attached hydrogens (tertiary/aromatic N) is 2. The summed E-state index contributed by atoms with van der Waals surface area (Å²) in [5, 5.41) is 16.7. The van der Waals surface area contributed by atoms with Gasteiger partial charge in [-0.05, 0) is 47.0 Å². The van der Waals surface area contributed by atoms with Crippen LogP contribution in [0.25, 0.3) is 0 Å². The molecular weight excluding hydrogens is 366 g/mol. The molecular formula is C23H42N3O3. The minimum Gasteiger partial charge on any atom is -0.323 e. The molecule has 167 valence electrons. The predicted molar refractivity (Wildman–Crippen MR) is 115 cm³/mol. The fourth-order valence-corrected chi connectivity index (χ4v) is 5.38. The predicted octanol–water partition coefficient (Wildman–Crippen LogP) is 5.20. The van der Waals surface area contributed by atoms with Gasteiger partial charge in [-0.25, -0.2) is 4.79 Å². The maximum Gasteiger partial charge on any atom is 0.325 e. The number of hydrogen-bond donors (Lipinski definition) is 1. The molecule has 0 bridgehead atoms. The molecule has 0 aromatic carbocycles. The molecule has 1 radical (unpaired) electrons. The molecule has 2 saturated heterocycles. The van der Waals surface area contributed by atoms with Gasteiger partial charge in [0, 0.05) is 17.6 Å². The second-order valence-corrected chi connectivity index (χ2v) is 10.4. The number of urea groups is 1. The third kappa shape index (κ3) is 5.72. The van der Waals surface area contributed by atoms with Crippen LogP contribution >= 0.6 is 0 Å². The number of unbranched alkanes of at least 4 members (excludes halogenated alkanes) is 9. The molecule has 2 rings (SSSR count). The Morgan fingerprint density at radius 1 is 0.793 bits per heavy atom. The van der Waals surface area contributed by atoms with Gasteiger partial charge in [-0.2, -0.15) is 0 Å². The molecule has 2 fully saturated rings. The first kappa shape index (κ1) is 24.1. The number of carbonyl (C=O) groups excluding carboxylic acids is 2. The van der Waals surface area contributed by atoms with E-state index in [9.17, 15) is 14.8 Å². The summed E-state index contributed by atoms with van der Waals surface area (Å²) in [4.78, 5) is 27.1. The SMILES string of the molecule is CCCCCCCCCCCCN1C(=O)NC2(CC(C)(C)N([O])C(C)(C)C2)C1=O. The molecule has 1 spiro atoms.